The molecule has 0 bridgehead atoms. The van der Waals surface area contributed by atoms with E-state index < -0.39 is 0 Å². The van der Waals surface area contributed by atoms with Gasteiger partial charge in [0, 0.05) is 0 Å². The zero-order chi connectivity index (χ0) is 10.7. The molecule has 1 aromatic heterocycles. The van der Waals surface area contributed by atoms with Gasteiger partial charge in [-0.3, -0.25) is 4.79 Å². The molecule has 1 nitrogen and oxygen atoms in total. The van der Waals surface area contributed by atoms with Crippen LogP contribution < -0.4 is 0 Å². The lowest BCUT2D eigenvalue weighted by atomic mass is 10.1. The van der Waals surface area contributed by atoms with Crippen molar-refractivity contribution in [2.24, 2.45) is 0 Å². The lowest BCUT2D eigenvalue weighted by molar-refractivity contribution is 0.112. The molecule has 0 saturated carbocycles. The second kappa shape index (κ2) is 4.41. The van der Waals surface area contributed by atoms with E-state index in [9.17, 15) is 4.79 Å². The first-order valence-electron chi connectivity index (χ1n) is 4.86. The molecule has 0 aliphatic rings. The molecule has 2 rings (SSSR count). The van der Waals surface area contributed by atoms with Gasteiger partial charge in [-0.2, -0.15) is 0 Å². The van der Waals surface area contributed by atoms with Crippen LogP contribution in [0.5, 0.6) is 0 Å². The zero-order valence-corrected chi connectivity index (χ0v) is 9.38. The Kier molecular flexibility index (Phi) is 2.97. The minimum absolute atomic E-state index is 0.803. The predicted octanol–water partition coefficient (Wildman–Crippen LogP) is 3.46. The second-order valence-corrected chi connectivity index (χ2v) is 4.58. The summed E-state index contributed by atoms with van der Waals surface area (Å²) in [6.07, 6.45) is 1.81. The van der Waals surface area contributed by atoms with Crippen LogP contribution in [0, 0.1) is 6.92 Å². The molecule has 15 heavy (non-hydrogen) atoms. The minimum Gasteiger partial charge on any atom is -0.297 e. The van der Waals surface area contributed by atoms with Crippen LogP contribution in [0.2, 0.25) is 0 Å². The van der Waals surface area contributed by atoms with Gasteiger partial charge in [0.05, 0.1) is 4.88 Å². The van der Waals surface area contributed by atoms with Crippen molar-refractivity contribution < 1.29 is 4.79 Å². The minimum atomic E-state index is 0.803. The summed E-state index contributed by atoms with van der Waals surface area (Å²) in [6.45, 7) is 2.08. The molecule has 76 valence electrons. The van der Waals surface area contributed by atoms with Gasteiger partial charge >= 0.3 is 0 Å². The van der Waals surface area contributed by atoms with Crippen LogP contribution in [-0.2, 0) is 6.42 Å². The lowest BCUT2D eigenvalue weighted by Crippen LogP contribution is -1.85. The van der Waals surface area contributed by atoms with Crippen LogP contribution in [0.15, 0.2) is 35.7 Å². The van der Waals surface area contributed by atoms with Crippen LogP contribution in [0.4, 0.5) is 0 Å². The van der Waals surface area contributed by atoms with Crippen molar-refractivity contribution in [1.29, 1.82) is 0 Å². The molecular weight excluding hydrogens is 204 g/mol. The smallest absolute Gasteiger partial charge is 0.160 e. The number of carbonyl (C=O) groups is 1. The van der Waals surface area contributed by atoms with Gasteiger partial charge in [-0.15, -0.1) is 11.3 Å². The van der Waals surface area contributed by atoms with Crippen molar-refractivity contribution in [2.75, 3.05) is 0 Å². The maximum Gasteiger partial charge on any atom is 0.160 e. The summed E-state index contributed by atoms with van der Waals surface area (Å²) >= 11 is 1.50. The summed E-state index contributed by atoms with van der Waals surface area (Å²) in [5.74, 6) is 0. The third-order valence-electron chi connectivity index (χ3n) is 2.32. The summed E-state index contributed by atoms with van der Waals surface area (Å²) in [6, 6.07) is 10.4. The van der Waals surface area contributed by atoms with Gasteiger partial charge in [0.15, 0.2) is 6.29 Å². The number of benzene rings is 1. The van der Waals surface area contributed by atoms with Crippen LogP contribution in [0.25, 0.3) is 0 Å². The molecule has 0 aliphatic heterocycles. The van der Waals surface area contributed by atoms with E-state index in [-0.39, 0.29) is 0 Å². The van der Waals surface area contributed by atoms with Crippen molar-refractivity contribution in [3.63, 3.8) is 0 Å². The van der Waals surface area contributed by atoms with Crippen LogP contribution >= 0.6 is 11.3 Å². The van der Waals surface area contributed by atoms with Crippen molar-refractivity contribution >= 4 is 17.6 Å². The molecule has 0 radical (unpaired) electrons. The Labute approximate surface area is 93.4 Å². The van der Waals surface area contributed by atoms with Gasteiger partial charge in [-0.25, -0.2) is 0 Å². The average Bonchev–Trinajstić information content (AvgIpc) is 2.69. The van der Waals surface area contributed by atoms with E-state index in [1.54, 1.807) is 0 Å². The highest BCUT2D eigenvalue weighted by Crippen LogP contribution is 2.16. The van der Waals surface area contributed by atoms with Crippen molar-refractivity contribution in [3.8, 4) is 0 Å². The molecule has 0 saturated heterocycles. The molecule has 0 atom stereocenters. The first-order valence-corrected chi connectivity index (χ1v) is 5.74. The number of hydrogen-bond donors (Lipinski definition) is 0. The van der Waals surface area contributed by atoms with E-state index in [0.29, 0.717) is 0 Å². The fourth-order valence-corrected chi connectivity index (χ4v) is 2.20. The monoisotopic (exact) mass is 216 g/mol. The maximum atomic E-state index is 10.5. The predicted molar refractivity (Wildman–Crippen MR) is 63.7 cm³/mol. The molecule has 1 heterocycles. The fourth-order valence-electron chi connectivity index (χ4n) is 1.49. The average molecular weight is 216 g/mol. The summed E-state index contributed by atoms with van der Waals surface area (Å²) < 4.78 is 0. The van der Waals surface area contributed by atoms with Gasteiger partial charge in [0.1, 0.15) is 0 Å². The van der Waals surface area contributed by atoms with E-state index in [4.69, 9.17) is 0 Å². The summed E-state index contributed by atoms with van der Waals surface area (Å²) in [5, 5.41) is 2.05. The maximum absolute atomic E-state index is 10.5. The van der Waals surface area contributed by atoms with Crippen LogP contribution in [0.1, 0.15) is 26.4 Å². The Hall–Kier alpha value is -1.41. The molecule has 1 aromatic carbocycles. The second-order valence-electron chi connectivity index (χ2n) is 3.64. The molecule has 0 amide bonds. The molecule has 2 heteroatoms. The summed E-state index contributed by atoms with van der Waals surface area (Å²) in [5.41, 5.74) is 3.78. The van der Waals surface area contributed by atoms with Gasteiger partial charge < -0.3 is 0 Å². The molecule has 0 fully saturated rings. The van der Waals surface area contributed by atoms with Crippen LogP contribution in [-0.4, -0.2) is 6.29 Å². The quantitative estimate of drug-likeness (QED) is 0.718. The highest BCUT2D eigenvalue weighted by molar-refractivity contribution is 7.11. The highest BCUT2D eigenvalue weighted by atomic mass is 32.1. The summed E-state index contributed by atoms with van der Waals surface area (Å²) in [7, 11) is 0. The SMILES string of the molecule is Cc1ccc(Cc2csc(C=O)c2)cc1. The molecule has 0 N–H and O–H groups in total. The topological polar surface area (TPSA) is 17.1 Å². The number of carbonyl (C=O) groups excluding carboxylic acids is 1. The fraction of sp³-hybridized carbons (Fsp3) is 0.154. The number of rotatable bonds is 3. The van der Waals surface area contributed by atoms with E-state index in [1.807, 2.05) is 11.4 Å². The molecule has 0 unspecified atom stereocenters. The zero-order valence-electron chi connectivity index (χ0n) is 8.57. The Bertz CT molecular complexity index is 454. The number of aldehydes is 1. The molecule has 0 spiro atoms. The number of thiophene rings is 1. The Morgan fingerprint density at radius 3 is 2.53 bits per heavy atom. The van der Waals surface area contributed by atoms with E-state index in [2.05, 4.69) is 31.2 Å². The Morgan fingerprint density at radius 1 is 1.20 bits per heavy atom. The molecular formula is C13H12OS. The largest absolute Gasteiger partial charge is 0.297 e. The van der Waals surface area contributed by atoms with Crippen molar-refractivity contribution in [1.82, 2.24) is 0 Å². The molecule has 0 aliphatic carbocycles. The van der Waals surface area contributed by atoms with E-state index in [1.165, 1.54) is 28.0 Å². The molecule has 2 aromatic rings. The first-order chi connectivity index (χ1) is 7.28. The summed E-state index contributed by atoms with van der Waals surface area (Å²) in [4.78, 5) is 11.3. The first kappa shape index (κ1) is 10.1. The van der Waals surface area contributed by atoms with Gasteiger partial charge in [0.2, 0.25) is 0 Å². The standard InChI is InChI=1S/C13H12OS/c1-10-2-4-11(5-3-10)6-12-7-13(8-14)15-9-12/h2-5,7-9H,6H2,1H3. The van der Waals surface area contributed by atoms with E-state index in [0.717, 1.165) is 17.6 Å². The van der Waals surface area contributed by atoms with Gasteiger partial charge in [-0.05, 0) is 35.9 Å². The lowest BCUT2D eigenvalue weighted by Gasteiger charge is -1.99. The third kappa shape index (κ3) is 2.54. The number of hydrogen-bond acceptors (Lipinski definition) is 2. The van der Waals surface area contributed by atoms with Crippen molar-refractivity contribution in [2.45, 2.75) is 13.3 Å². The van der Waals surface area contributed by atoms with Gasteiger partial charge in [0.25, 0.3) is 0 Å². The Balaban J connectivity index is 2.14. The highest BCUT2D eigenvalue weighted by Gasteiger charge is 2.00. The van der Waals surface area contributed by atoms with E-state index >= 15 is 0 Å². The number of aryl methyl sites for hydroxylation is 1. The Morgan fingerprint density at radius 2 is 1.93 bits per heavy atom. The normalized spacial score (nSPS) is 10.2. The van der Waals surface area contributed by atoms with Crippen LogP contribution in [0.3, 0.4) is 0 Å². The van der Waals surface area contributed by atoms with Crippen molar-refractivity contribution in [3.05, 3.63) is 57.3 Å². The van der Waals surface area contributed by atoms with Gasteiger partial charge in [-0.1, -0.05) is 29.8 Å². The third-order valence-corrected chi connectivity index (χ3v) is 3.23.